The fourth-order valence-corrected chi connectivity index (χ4v) is 3.14. The van der Waals surface area contributed by atoms with Crippen molar-refractivity contribution in [3.63, 3.8) is 0 Å². The standard InChI is InChI=1S/C17H19ClN2O5S/c1-11(2)5-7-25-17(21)13-8-16(26(19,22)23)14(18)9-15(13)20-10-12-4-3-6-24-12/h3-6,8-9,20H,7,10H2,1-2H3,(H2,19,22,23). The van der Waals surface area contributed by atoms with Crippen LogP contribution >= 0.6 is 11.6 Å². The minimum Gasteiger partial charge on any atom is -0.467 e. The number of esters is 1. The van der Waals surface area contributed by atoms with Crippen molar-refractivity contribution in [2.24, 2.45) is 5.14 Å². The lowest BCUT2D eigenvalue weighted by Gasteiger charge is -2.13. The Balaban J connectivity index is 2.36. The quantitative estimate of drug-likeness (QED) is 0.546. The molecule has 3 N–H and O–H groups in total. The molecule has 0 saturated heterocycles. The van der Waals surface area contributed by atoms with Crippen LogP contribution in [0.4, 0.5) is 5.69 Å². The Hall–Kier alpha value is -2.29. The molecule has 0 saturated carbocycles. The van der Waals surface area contributed by atoms with Crippen LogP contribution in [0.1, 0.15) is 30.0 Å². The molecule has 0 radical (unpaired) electrons. The number of hydrogen-bond acceptors (Lipinski definition) is 6. The Bertz CT molecular complexity index is 917. The minimum absolute atomic E-state index is 0.00661. The second-order valence-electron chi connectivity index (χ2n) is 5.69. The van der Waals surface area contributed by atoms with E-state index in [2.05, 4.69) is 5.32 Å². The molecule has 1 aromatic heterocycles. The molecule has 1 heterocycles. The number of hydrogen-bond donors (Lipinski definition) is 2. The first kappa shape index (κ1) is 20.0. The molecule has 0 atom stereocenters. The van der Waals surface area contributed by atoms with Crippen LogP contribution in [-0.2, 0) is 21.3 Å². The van der Waals surface area contributed by atoms with Gasteiger partial charge in [-0.05, 0) is 44.2 Å². The third-order valence-electron chi connectivity index (χ3n) is 3.34. The molecule has 1 aromatic carbocycles. The number of allylic oxidation sites excluding steroid dienone is 1. The summed E-state index contributed by atoms with van der Waals surface area (Å²) in [6.07, 6.45) is 3.24. The summed E-state index contributed by atoms with van der Waals surface area (Å²) in [6, 6.07) is 5.90. The van der Waals surface area contributed by atoms with Crippen LogP contribution in [0.25, 0.3) is 0 Å². The van der Waals surface area contributed by atoms with Gasteiger partial charge < -0.3 is 14.5 Å². The smallest absolute Gasteiger partial charge is 0.340 e. The fourth-order valence-electron chi connectivity index (χ4n) is 2.04. The number of halogens is 1. The van der Waals surface area contributed by atoms with Crippen molar-refractivity contribution in [3.8, 4) is 0 Å². The van der Waals surface area contributed by atoms with Crippen molar-refractivity contribution >= 4 is 33.3 Å². The number of ether oxygens (including phenoxy) is 1. The van der Waals surface area contributed by atoms with Gasteiger partial charge in [0, 0.05) is 0 Å². The van der Waals surface area contributed by atoms with Crippen molar-refractivity contribution in [1.82, 2.24) is 0 Å². The van der Waals surface area contributed by atoms with Gasteiger partial charge in [0.25, 0.3) is 0 Å². The van der Waals surface area contributed by atoms with E-state index in [9.17, 15) is 13.2 Å². The number of primary sulfonamides is 1. The first-order chi connectivity index (χ1) is 12.2. The maximum Gasteiger partial charge on any atom is 0.340 e. The highest BCUT2D eigenvalue weighted by Gasteiger charge is 2.21. The van der Waals surface area contributed by atoms with E-state index in [-0.39, 0.29) is 28.6 Å². The summed E-state index contributed by atoms with van der Waals surface area (Å²) in [5.74, 6) is -0.0773. The van der Waals surface area contributed by atoms with Crippen molar-refractivity contribution in [1.29, 1.82) is 0 Å². The summed E-state index contributed by atoms with van der Waals surface area (Å²) in [6.45, 7) is 4.07. The number of sulfonamides is 1. The Kier molecular flexibility index (Phi) is 6.47. The van der Waals surface area contributed by atoms with E-state index in [1.54, 1.807) is 18.2 Å². The predicted octanol–water partition coefficient (Wildman–Crippen LogP) is 3.32. The Morgan fingerprint density at radius 1 is 1.38 bits per heavy atom. The van der Waals surface area contributed by atoms with Gasteiger partial charge in [-0.25, -0.2) is 18.4 Å². The van der Waals surface area contributed by atoms with Gasteiger partial charge in [0.15, 0.2) is 0 Å². The van der Waals surface area contributed by atoms with E-state index in [0.29, 0.717) is 11.4 Å². The first-order valence-electron chi connectivity index (χ1n) is 7.61. The summed E-state index contributed by atoms with van der Waals surface area (Å²) in [4.78, 5) is 12.1. The lowest BCUT2D eigenvalue weighted by molar-refractivity contribution is 0.0550. The molecule has 0 spiro atoms. The minimum atomic E-state index is -4.10. The summed E-state index contributed by atoms with van der Waals surface area (Å²) >= 11 is 6.01. The molecule has 0 aliphatic heterocycles. The topological polar surface area (TPSA) is 112 Å². The van der Waals surface area contributed by atoms with Gasteiger partial charge in [-0.2, -0.15) is 0 Å². The lowest BCUT2D eigenvalue weighted by atomic mass is 10.1. The third kappa shape index (κ3) is 5.35. The van der Waals surface area contributed by atoms with Crippen LogP contribution < -0.4 is 10.5 Å². The maximum absolute atomic E-state index is 12.4. The van der Waals surface area contributed by atoms with Gasteiger partial charge in [0.2, 0.25) is 10.0 Å². The number of carbonyl (C=O) groups excluding carboxylic acids is 1. The number of benzene rings is 1. The number of carbonyl (C=O) groups is 1. The first-order valence-corrected chi connectivity index (χ1v) is 9.54. The van der Waals surface area contributed by atoms with E-state index in [1.807, 2.05) is 13.8 Å². The molecular formula is C17H19ClN2O5S. The average molecular weight is 399 g/mol. The molecular weight excluding hydrogens is 380 g/mol. The molecule has 7 nitrogen and oxygen atoms in total. The summed E-state index contributed by atoms with van der Waals surface area (Å²) in [7, 11) is -4.10. The number of rotatable bonds is 7. The van der Waals surface area contributed by atoms with Gasteiger partial charge in [-0.3, -0.25) is 0 Å². The van der Waals surface area contributed by atoms with Crippen LogP contribution in [0.3, 0.4) is 0 Å². The second kappa shape index (κ2) is 8.39. The number of furan rings is 1. The summed E-state index contributed by atoms with van der Waals surface area (Å²) < 4.78 is 33.8. The monoisotopic (exact) mass is 398 g/mol. The predicted molar refractivity (Wildman–Crippen MR) is 98.6 cm³/mol. The van der Waals surface area contributed by atoms with Gasteiger partial charge in [-0.15, -0.1) is 0 Å². The van der Waals surface area contributed by atoms with Gasteiger partial charge in [-0.1, -0.05) is 17.2 Å². The lowest BCUT2D eigenvalue weighted by Crippen LogP contribution is -2.16. The highest BCUT2D eigenvalue weighted by Crippen LogP contribution is 2.29. The molecule has 2 rings (SSSR count). The van der Waals surface area contributed by atoms with Gasteiger partial charge >= 0.3 is 5.97 Å². The van der Waals surface area contributed by atoms with E-state index in [1.165, 1.54) is 12.3 Å². The Morgan fingerprint density at radius 2 is 2.12 bits per heavy atom. The zero-order valence-corrected chi connectivity index (χ0v) is 15.9. The van der Waals surface area contributed by atoms with E-state index < -0.39 is 16.0 Å². The zero-order valence-electron chi connectivity index (χ0n) is 14.3. The molecule has 0 fully saturated rings. The summed E-state index contributed by atoms with van der Waals surface area (Å²) in [5, 5.41) is 8.04. The van der Waals surface area contributed by atoms with E-state index in [4.69, 9.17) is 25.9 Å². The van der Waals surface area contributed by atoms with E-state index in [0.717, 1.165) is 11.6 Å². The SMILES string of the molecule is CC(C)=CCOC(=O)c1cc(S(N)(=O)=O)c(Cl)cc1NCc1ccco1. The van der Waals surface area contributed by atoms with Crippen LogP contribution in [0, 0.1) is 0 Å². The highest BCUT2D eigenvalue weighted by molar-refractivity contribution is 7.89. The fraction of sp³-hybridized carbons (Fsp3) is 0.235. The van der Waals surface area contributed by atoms with Crippen molar-refractivity contribution in [2.75, 3.05) is 11.9 Å². The Labute approximate surface area is 156 Å². The largest absolute Gasteiger partial charge is 0.467 e. The molecule has 140 valence electrons. The number of nitrogens with two attached hydrogens (primary N) is 1. The van der Waals surface area contributed by atoms with Crippen LogP contribution in [0.5, 0.6) is 0 Å². The van der Waals surface area contributed by atoms with Crippen molar-refractivity contribution < 1.29 is 22.4 Å². The normalized spacial score (nSPS) is 11.1. The van der Waals surface area contributed by atoms with Crippen LogP contribution in [-0.4, -0.2) is 21.0 Å². The molecule has 0 bridgehead atoms. The summed E-state index contributed by atoms with van der Waals surface area (Å²) in [5.41, 5.74) is 1.29. The van der Waals surface area contributed by atoms with Gasteiger partial charge in [0.1, 0.15) is 17.3 Å². The molecule has 0 unspecified atom stereocenters. The van der Waals surface area contributed by atoms with Crippen LogP contribution in [0.15, 0.2) is 51.5 Å². The zero-order chi connectivity index (χ0) is 19.3. The second-order valence-corrected chi connectivity index (χ2v) is 7.62. The van der Waals surface area contributed by atoms with Crippen molar-refractivity contribution in [3.05, 3.63) is 58.5 Å². The number of nitrogens with one attached hydrogen (secondary N) is 1. The average Bonchev–Trinajstić information content (AvgIpc) is 3.04. The molecule has 0 amide bonds. The molecule has 26 heavy (non-hydrogen) atoms. The van der Waals surface area contributed by atoms with Crippen LogP contribution in [0.2, 0.25) is 5.02 Å². The van der Waals surface area contributed by atoms with E-state index >= 15 is 0 Å². The Morgan fingerprint density at radius 3 is 2.69 bits per heavy atom. The number of anilines is 1. The third-order valence-corrected chi connectivity index (χ3v) is 4.71. The molecule has 0 aliphatic rings. The maximum atomic E-state index is 12.4. The molecule has 2 aromatic rings. The van der Waals surface area contributed by atoms with Gasteiger partial charge in [0.05, 0.1) is 29.1 Å². The highest BCUT2D eigenvalue weighted by atomic mass is 35.5. The van der Waals surface area contributed by atoms with Crippen molar-refractivity contribution in [2.45, 2.75) is 25.3 Å². The molecule has 0 aliphatic carbocycles. The molecule has 9 heteroatoms.